The van der Waals surface area contributed by atoms with E-state index in [0.717, 1.165) is 24.0 Å². The molecule has 0 fully saturated rings. The van der Waals surface area contributed by atoms with E-state index >= 15 is 0 Å². The van der Waals surface area contributed by atoms with Crippen LogP contribution in [0.15, 0.2) is 24.3 Å². The molecule has 2 aromatic heterocycles. The van der Waals surface area contributed by atoms with Gasteiger partial charge in [0.05, 0.1) is 12.3 Å². The molecule has 0 saturated heterocycles. The largest absolute Gasteiger partial charge is 0.390 e. The van der Waals surface area contributed by atoms with Crippen molar-refractivity contribution in [2.45, 2.75) is 67.9 Å². The first-order valence-electron chi connectivity index (χ1n) is 11.1. The standard InChI is InChI=1S/C25H40N5O/c1-15(12-16-9-11-20(26)30-23(16)28)21(25(5,6)7)19(24(2,3)4)13-17-8-10-18(14-31)29-22(17)27/h8-11,15,19,21,28,31H,12-14H2,1-7H3,(H2,26,30)(H2,27,29). The van der Waals surface area contributed by atoms with Crippen LogP contribution in [0.2, 0.25) is 0 Å². The number of aliphatic hydroxyl groups is 1. The zero-order valence-corrected chi connectivity index (χ0v) is 20.2. The van der Waals surface area contributed by atoms with Crippen LogP contribution < -0.4 is 17.2 Å². The van der Waals surface area contributed by atoms with Crippen LogP contribution in [0.25, 0.3) is 0 Å². The van der Waals surface area contributed by atoms with Gasteiger partial charge in [0.1, 0.15) is 17.5 Å². The Bertz CT molecular complexity index is 882. The highest BCUT2D eigenvalue weighted by molar-refractivity contribution is 5.44. The van der Waals surface area contributed by atoms with Crippen molar-refractivity contribution >= 4 is 17.5 Å². The predicted molar refractivity (Wildman–Crippen MR) is 128 cm³/mol. The zero-order valence-electron chi connectivity index (χ0n) is 20.2. The van der Waals surface area contributed by atoms with Gasteiger partial charge in [-0.2, -0.15) is 0 Å². The van der Waals surface area contributed by atoms with Crippen molar-refractivity contribution in [1.82, 2.24) is 15.7 Å². The molecule has 171 valence electrons. The topological polar surface area (TPSA) is 122 Å². The molecule has 0 spiro atoms. The highest BCUT2D eigenvalue weighted by Gasteiger charge is 2.42. The molecule has 0 aliphatic rings. The number of aliphatic hydroxyl groups excluding tert-OH is 1. The minimum absolute atomic E-state index is 0.0391. The minimum atomic E-state index is -0.111. The molecule has 0 amide bonds. The summed E-state index contributed by atoms with van der Waals surface area (Å²) in [5, 5.41) is 9.37. The first-order chi connectivity index (χ1) is 14.2. The molecule has 0 aliphatic heterocycles. The molecule has 0 aliphatic carbocycles. The second-order valence-electron chi connectivity index (χ2n) is 11.0. The first-order valence-corrected chi connectivity index (χ1v) is 11.1. The van der Waals surface area contributed by atoms with Crippen LogP contribution in [0.1, 0.15) is 65.3 Å². The molecule has 6 nitrogen and oxygen atoms in total. The molecule has 0 bridgehead atoms. The number of anilines is 2. The molecule has 6 N–H and O–H groups in total. The molecule has 3 unspecified atom stereocenters. The van der Waals surface area contributed by atoms with Crippen LogP contribution in [0.5, 0.6) is 0 Å². The first kappa shape index (κ1) is 24.9. The lowest BCUT2D eigenvalue weighted by atomic mass is 9.58. The summed E-state index contributed by atoms with van der Waals surface area (Å²) >= 11 is 0. The number of nitrogens with two attached hydrogens (primary N) is 2. The minimum Gasteiger partial charge on any atom is -0.390 e. The van der Waals surface area contributed by atoms with Crippen molar-refractivity contribution in [2.75, 3.05) is 11.5 Å². The van der Waals surface area contributed by atoms with Crippen LogP contribution >= 0.6 is 0 Å². The summed E-state index contributed by atoms with van der Waals surface area (Å²) in [5.41, 5.74) is 22.9. The number of nitrogen functional groups attached to an aromatic ring is 2. The van der Waals surface area contributed by atoms with Crippen LogP contribution in [0.4, 0.5) is 17.5 Å². The molecular formula is C25H40N5O. The monoisotopic (exact) mass is 426 g/mol. The average Bonchev–Trinajstić information content (AvgIpc) is 2.63. The lowest BCUT2D eigenvalue weighted by Crippen LogP contribution is -2.41. The van der Waals surface area contributed by atoms with E-state index in [1.807, 2.05) is 18.2 Å². The summed E-state index contributed by atoms with van der Waals surface area (Å²) in [7, 11) is 0. The Balaban J connectivity index is 2.43. The fraction of sp³-hybridized carbons (Fsp3) is 0.600. The van der Waals surface area contributed by atoms with E-state index in [0.29, 0.717) is 35.1 Å². The fourth-order valence-electron chi connectivity index (χ4n) is 5.01. The summed E-state index contributed by atoms with van der Waals surface area (Å²) in [4.78, 5) is 8.50. The smallest absolute Gasteiger partial charge is 0.150 e. The van der Waals surface area contributed by atoms with Crippen molar-refractivity contribution in [2.24, 2.45) is 28.6 Å². The number of hydrogen-bond donors (Lipinski definition) is 3. The van der Waals surface area contributed by atoms with Crippen molar-refractivity contribution in [3.05, 3.63) is 41.1 Å². The number of hydrogen-bond acceptors (Lipinski definition) is 5. The molecule has 2 aromatic rings. The number of nitrogens with zero attached hydrogens (tertiary/aromatic N) is 2. The average molecular weight is 427 g/mol. The van der Waals surface area contributed by atoms with Gasteiger partial charge in [-0.3, -0.25) is 5.73 Å². The Kier molecular flexibility index (Phi) is 7.58. The van der Waals surface area contributed by atoms with Crippen LogP contribution in [-0.4, -0.2) is 15.1 Å². The van der Waals surface area contributed by atoms with Gasteiger partial charge in [0.25, 0.3) is 0 Å². The van der Waals surface area contributed by atoms with E-state index in [2.05, 4.69) is 58.4 Å². The van der Waals surface area contributed by atoms with E-state index in [-0.39, 0.29) is 23.3 Å². The summed E-state index contributed by atoms with van der Waals surface area (Å²) in [6.07, 6.45) is 1.59. The van der Waals surface area contributed by atoms with Gasteiger partial charge in [0.15, 0.2) is 0 Å². The van der Waals surface area contributed by atoms with Gasteiger partial charge in [-0.1, -0.05) is 60.6 Å². The molecule has 3 atom stereocenters. The highest BCUT2D eigenvalue weighted by Crippen LogP contribution is 2.48. The van der Waals surface area contributed by atoms with Crippen molar-refractivity contribution in [3.63, 3.8) is 0 Å². The molecule has 0 aromatic carbocycles. The van der Waals surface area contributed by atoms with Crippen molar-refractivity contribution < 1.29 is 5.11 Å². The molecule has 1 radical (unpaired) electrons. The Hall–Kier alpha value is -2.34. The quantitative estimate of drug-likeness (QED) is 0.587. The van der Waals surface area contributed by atoms with E-state index in [9.17, 15) is 5.11 Å². The second-order valence-corrected chi connectivity index (χ2v) is 11.0. The summed E-state index contributed by atoms with van der Waals surface area (Å²) < 4.78 is 0. The fourth-order valence-corrected chi connectivity index (χ4v) is 5.01. The number of pyridine rings is 2. The Morgan fingerprint density at radius 3 is 2.00 bits per heavy atom. The van der Waals surface area contributed by atoms with E-state index in [1.54, 1.807) is 6.07 Å². The van der Waals surface area contributed by atoms with Gasteiger partial charge < -0.3 is 16.6 Å². The maximum Gasteiger partial charge on any atom is 0.150 e. The maximum absolute atomic E-state index is 9.37. The third-order valence-corrected chi connectivity index (χ3v) is 6.37. The molecule has 6 heteroatoms. The van der Waals surface area contributed by atoms with Crippen molar-refractivity contribution in [1.29, 1.82) is 0 Å². The Labute approximate surface area is 187 Å². The van der Waals surface area contributed by atoms with Crippen LogP contribution in [0.3, 0.4) is 0 Å². The molecule has 0 saturated carbocycles. The van der Waals surface area contributed by atoms with E-state index in [4.69, 9.17) is 17.2 Å². The number of aromatic nitrogens is 2. The molecule has 2 heterocycles. The van der Waals surface area contributed by atoms with E-state index in [1.165, 1.54) is 0 Å². The second kappa shape index (κ2) is 9.43. The normalized spacial score (nSPS) is 15.5. The lowest BCUT2D eigenvalue weighted by molar-refractivity contribution is 0.0302. The zero-order chi connectivity index (χ0) is 23.6. The maximum atomic E-state index is 9.37. The van der Waals surface area contributed by atoms with Gasteiger partial charge in [0.2, 0.25) is 0 Å². The number of rotatable bonds is 7. The molecule has 31 heavy (non-hydrogen) atoms. The van der Waals surface area contributed by atoms with Crippen LogP contribution in [-0.2, 0) is 19.4 Å². The Morgan fingerprint density at radius 2 is 1.52 bits per heavy atom. The summed E-state index contributed by atoms with van der Waals surface area (Å²) in [5.74, 6) is 2.17. The van der Waals surface area contributed by atoms with Gasteiger partial charge in [-0.15, -0.1) is 0 Å². The van der Waals surface area contributed by atoms with Crippen LogP contribution in [0, 0.1) is 28.6 Å². The van der Waals surface area contributed by atoms with Crippen molar-refractivity contribution in [3.8, 4) is 0 Å². The lowest BCUT2D eigenvalue weighted by Gasteiger charge is -2.47. The van der Waals surface area contributed by atoms with Gasteiger partial charge >= 0.3 is 0 Å². The predicted octanol–water partition coefficient (Wildman–Crippen LogP) is 4.79. The summed E-state index contributed by atoms with van der Waals surface area (Å²) in [6.45, 7) is 15.9. The highest BCUT2D eigenvalue weighted by atomic mass is 16.3. The van der Waals surface area contributed by atoms with Gasteiger partial charge in [0, 0.05) is 0 Å². The Morgan fingerprint density at radius 1 is 0.903 bits per heavy atom. The third kappa shape index (κ3) is 6.33. The molecule has 2 rings (SSSR count). The van der Waals surface area contributed by atoms with E-state index < -0.39 is 0 Å². The SMILES string of the molecule is CC(Cc1ccc(N)nc1[NH])C(C(Cc1ccc(CO)nc1N)C(C)(C)C)C(C)(C)C. The van der Waals surface area contributed by atoms with Gasteiger partial charge in [-0.25, -0.2) is 9.97 Å². The molecular weight excluding hydrogens is 386 g/mol. The summed E-state index contributed by atoms with van der Waals surface area (Å²) in [6, 6.07) is 7.57. The number of nitrogens with one attached hydrogen (secondary N) is 1. The third-order valence-electron chi connectivity index (χ3n) is 6.37. The van der Waals surface area contributed by atoms with Gasteiger partial charge in [-0.05, 0) is 64.7 Å².